The minimum atomic E-state index is -0.168. The fourth-order valence-electron chi connectivity index (χ4n) is 2.26. The summed E-state index contributed by atoms with van der Waals surface area (Å²) >= 11 is 0. The van der Waals surface area contributed by atoms with Crippen LogP contribution < -0.4 is 16.2 Å². The lowest BCUT2D eigenvalue weighted by Crippen LogP contribution is -2.24. The Morgan fingerprint density at radius 1 is 1.44 bits per heavy atom. The Bertz CT molecular complexity index is 530. The van der Waals surface area contributed by atoms with Crippen LogP contribution in [0.3, 0.4) is 0 Å². The summed E-state index contributed by atoms with van der Waals surface area (Å²) in [5, 5.41) is 0. The van der Waals surface area contributed by atoms with E-state index in [2.05, 4.69) is 18.8 Å². The Balaban J connectivity index is 2.48. The summed E-state index contributed by atoms with van der Waals surface area (Å²) in [5.74, 6) is 0.882. The molecule has 0 spiro atoms. The zero-order valence-electron chi connectivity index (χ0n) is 11.0. The minimum absolute atomic E-state index is 0.168. The van der Waals surface area contributed by atoms with E-state index in [9.17, 15) is 0 Å². The Morgan fingerprint density at radius 3 is 2.78 bits per heavy atom. The second-order valence-electron chi connectivity index (χ2n) is 5.10. The Morgan fingerprint density at radius 2 is 2.17 bits per heavy atom. The van der Waals surface area contributed by atoms with E-state index in [-0.39, 0.29) is 5.60 Å². The molecular formula is C14H19N3O. The highest BCUT2D eigenvalue weighted by molar-refractivity contribution is 6.11. The molecule has 1 aromatic carbocycles. The predicted molar refractivity (Wildman–Crippen MR) is 75.8 cm³/mol. The Hall–Kier alpha value is -1.97. The van der Waals surface area contributed by atoms with Crippen molar-refractivity contribution < 1.29 is 4.74 Å². The topological polar surface area (TPSA) is 73.6 Å². The number of fused-ring (bicyclic) bond motifs is 1. The monoisotopic (exact) mass is 245 g/mol. The largest absolute Gasteiger partial charge is 0.487 e. The summed E-state index contributed by atoms with van der Waals surface area (Å²) < 4.78 is 5.89. The number of rotatable bonds is 2. The van der Waals surface area contributed by atoms with Crippen LogP contribution >= 0.6 is 0 Å². The third-order valence-corrected chi connectivity index (χ3v) is 2.99. The number of nitrogens with zero attached hydrogens (tertiary/aromatic N) is 1. The molecule has 1 aliphatic rings. The molecule has 0 saturated carbocycles. The van der Waals surface area contributed by atoms with Crippen LogP contribution in [0.4, 0.5) is 5.69 Å². The molecule has 0 amide bonds. The van der Waals surface area contributed by atoms with Gasteiger partial charge in [0.15, 0.2) is 0 Å². The van der Waals surface area contributed by atoms with Crippen LogP contribution in [-0.4, -0.2) is 18.9 Å². The maximum Gasteiger partial charge on any atom is 0.124 e. The van der Waals surface area contributed by atoms with Crippen molar-refractivity contribution in [1.82, 2.24) is 0 Å². The molecule has 18 heavy (non-hydrogen) atoms. The maximum absolute atomic E-state index is 6.08. The molecule has 2 rings (SSSR count). The van der Waals surface area contributed by atoms with Crippen LogP contribution in [0.2, 0.25) is 0 Å². The quantitative estimate of drug-likeness (QED) is 0.618. The SMILES string of the molecule is CN=CC(=CN)c1cc2c(cc1N)CC(C)(C)O2. The lowest BCUT2D eigenvalue weighted by atomic mass is 9.98. The van der Waals surface area contributed by atoms with E-state index in [1.165, 1.54) is 6.20 Å². The highest BCUT2D eigenvalue weighted by Crippen LogP contribution is 2.38. The highest BCUT2D eigenvalue weighted by atomic mass is 16.5. The minimum Gasteiger partial charge on any atom is -0.487 e. The molecule has 4 heteroatoms. The molecule has 0 radical (unpaired) electrons. The fraction of sp³-hybridized carbons (Fsp3) is 0.357. The zero-order chi connectivity index (χ0) is 13.3. The molecule has 0 fully saturated rings. The average Bonchev–Trinajstić information content (AvgIpc) is 2.58. The molecule has 4 N–H and O–H groups in total. The van der Waals surface area contributed by atoms with Gasteiger partial charge in [-0.15, -0.1) is 0 Å². The van der Waals surface area contributed by atoms with Crippen molar-refractivity contribution in [3.63, 3.8) is 0 Å². The van der Waals surface area contributed by atoms with E-state index in [1.54, 1.807) is 13.3 Å². The van der Waals surface area contributed by atoms with Gasteiger partial charge >= 0.3 is 0 Å². The molecule has 4 nitrogen and oxygen atoms in total. The van der Waals surface area contributed by atoms with Gasteiger partial charge in [0.25, 0.3) is 0 Å². The van der Waals surface area contributed by atoms with Crippen LogP contribution in [0.5, 0.6) is 5.75 Å². The summed E-state index contributed by atoms with van der Waals surface area (Å²) in [6, 6.07) is 3.91. The van der Waals surface area contributed by atoms with Gasteiger partial charge in [0.1, 0.15) is 11.4 Å². The van der Waals surface area contributed by atoms with Crippen molar-refractivity contribution in [2.75, 3.05) is 12.8 Å². The van der Waals surface area contributed by atoms with E-state index in [0.29, 0.717) is 5.69 Å². The van der Waals surface area contributed by atoms with Gasteiger partial charge < -0.3 is 16.2 Å². The third kappa shape index (κ3) is 2.18. The van der Waals surface area contributed by atoms with Crippen LogP contribution in [0.15, 0.2) is 23.3 Å². The van der Waals surface area contributed by atoms with Crippen LogP contribution in [0.25, 0.3) is 5.57 Å². The Labute approximate surface area is 107 Å². The van der Waals surface area contributed by atoms with Gasteiger partial charge in [0.2, 0.25) is 0 Å². The number of aliphatic imine (C=N–C) groups is 1. The van der Waals surface area contributed by atoms with Gasteiger partial charge in [-0.05, 0) is 26.0 Å². The fourth-order valence-corrected chi connectivity index (χ4v) is 2.26. The smallest absolute Gasteiger partial charge is 0.124 e. The van der Waals surface area contributed by atoms with E-state index in [4.69, 9.17) is 16.2 Å². The number of ether oxygens (including phenoxy) is 1. The zero-order valence-corrected chi connectivity index (χ0v) is 11.0. The van der Waals surface area contributed by atoms with Crippen molar-refractivity contribution in [2.45, 2.75) is 25.9 Å². The lowest BCUT2D eigenvalue weighted by molar-refractivity contribution is 0.138. The molecule has 1 aromatic rings. The van der Waals surface area contributed by atoms with Gasteiger partial charge in [-0.25, -0.2) is 0 Å². The third-order valence-electron chi connectivity index (χ3n) is 2.99. The molecule has 96 valence electrons. The molecule has 0 unspecified atom stereocenters. The number of nitrogen functional groups attached to an aromatic ring is 1. The van der Waals surface area contributed by atoms with E-state index < -0.39 is 0 Å². The second kappa shape index (κ2) is 4.37. The van der Waals surface area contributed by atoms with Crippen molar-refractivity contribution in [3.8, 4) is 5.75 Å². The molecule has 0 aromatic heterocycles. The summed E-state index contributed by atoms with van der Waals surface area (Å²) in [6.07, 6.45) is 4.07. The predicted octanol–water partition coefficient (Wildman–Crippen LogP) is 1.98. The van der Waals surface area contributed by atoms with Gasteiger partial charge in [0, 0.05) is 48.3 Å². The van der Waals surface area contributed by atoms with Crippen molar-refractivity contribution in [2.24, 2.45) is 10.7 Å². The first kappa shape index (κ1) is 12.5. The number of anilines is 1. The van der Waals surface area contributed by atoms with E-state index in [1.807, 2.05) is 12.1 Å². The second-order valence-corrected chi connectivity index (χ2v) is 5.10. The first-order valence-electron chi connectivity index (χ1n) is 5.92. The average molecular weight is 245 g/mol. The lowest BCUT2D eigenvalue weighted by Gasteiger charge is -2.17. The molecule has 0 aliphatic carbocycles. The van der Waals surface area contributed by atoms with Crippen molar-refractivity contribution in [1.29, 1.82) is 0 Å². The van der Waals surface area contributed by atoms with E-state index >= 15 is 0 Å². The van der Waals surface area contributed by atoms with Gasteiger partial charge in [-0.2, -0.15) is 0 Å². The van der Waals surface area contributed by atoms with Crippen LogP contribution in [-0.2, 0) is 6.42 Å². The number of nitrogens with two attached hydrogens (primary N) is 2. The maximum atomic E-state index is 6.08. The number of hydrogen-bond donors (Lipinski definition) is 2. The standard InChI is InChI=1S/C14H19N3O/c1-14(2)6-9-4-12(16)11(5-13(9)18-14)10(7-15)8-17-3/h4-5,7-8H,6,15-16H2,1-3H3. The van der Waals surface area contributed by atoms with Crippen LogP contribution in [0.1, 0.15) is 25.0 Å². The summed E-state index contributed by atoms with van der Waals surface area (Å²) in [4.78, 5) is 3.98. The first-order valence-corrected chi connectivity index (χ1v) is 5.92. The summed E-state index contributed by atoms with van der Waals surface area (Å²) in [7, 11) is 1.70. The number of allylic oxidation sites excluding steroid dienone is 1. The normalized spacial score (nSPS) is 17.8. The van der Waals surface area contributed by atoms with Gasteiger partial charge in [0.05, 0.1) is 0 Å². The van der Waals surface area contributed by atoms with Crippen molar-refractivity contribution >= 4 is 17.5 Å². The molecule has 0 saturated heterocycles. The highest BCUT2D eigenvalue weighted by Gasteiger charge is 2.30. The molecule has 1 aliphatic heterocycles. The molecular weight excluding hydrogens is 226 g/mol. The summed E-state index contributed by atoms with van der Waals surface area (Å²) in [5.41, 5.74) is 15.0. The van der Waals surface area contributed by atoms with E-state index in [0.717, 1.165) is 28.9 Å². The molecule has 0 atom stereocenters. The van der Waals surface area contributed by atoms with Gasteiger partial charge in [-0.1, -0.05) is 0 Å². The first-order chi connectivity index (χ1) is 8.46. The van der Waals surface area contributed by atoms with Crippen molar-refractivity contribution in [3.05, 3.63) is 29.5 Å². The molecule has 0 bridgehead atoms. The summed E-state index contributed by atoms with van der Waals surface area (Å²) in [6.45, 7) is 4.13. The van der Waals surface area contributed by atoms with Gasteiger partial charge in [-0.3, -0.25) is 4.99 Å². The number of benzene rings is 1. The molecule has 1 heterocycles. The number of hydrogen-bond acceptors (Lipinski definition) is 4. The van der Waals surface area contributed by atoms with Crippen LogP contribution in [0, 0.1) is 0 Å². The Kier molecular flexibility index (Phi) is 3.03.